The number of fused-ring (bicyclic) bond motifs is 4. The molecule has 2 saturated heterocycles. The molecule has 7 rings (SSSR count). The number of benzene rings is 3. The van der Waals surface area contributed by atoms with Crippen LogP contribution in [0.1, 0.15) is 37.3 Å². The Morgan fingerprint density at radius 2 is 1.86 bits per heavy atom. The molecule has 1 unspecified atom stereocenters. The molecule has 49 heavy (non-hydrogen) atoms. The standard InChI is InChI=1S/C33H30FN7O7S/c34-29-21-8-7-20(15-19(21)16-26(42)30(29)40-17-28(44)39-49(40,47)48)37-33(46)36-12-2-1-4-18-6-9-24-23(14-18)22-5-3-13-35-31(22)41(24)25-10-11-27(43)38-32(25)45/h3,5-9,13-16,25,42H,1-2,4,10-12,17H2,(H,39,44)(H2,36,37,46)(H,38,43,45). The number of nitrogens with one attached hydrogen (secondary N) is 4. The number of halogens is 1. The molecule has 2 fully saturated rings. The van der Waals surface area contributed by atoms with Crippen LogP contribution in [0.5, 0.6) is 5.75 Å². The average Bonchev–Trinajstić information content (AvgIpc) is 3.52. The van der Waals surface area contributed by atoms with Crippen LogP contribution < -0.4 is 25.0 Å². The fourth-order valence-electron chi connectivity index (χ4n) is 6.45. The first kappa shape index (κ1) is 31.8. The van der Waals surface area contributed by atoms with Crippen molar-refractivity contribution < 1.29 is 37.1 Å². The van der Waals surface area contributed by atoms with E-state index >= 15 is 4.39 Å². The van der Waals surface area contributed by atoms with E-state index in [1.807, 2.05) is 28.8 Å². The molecule has 5 aromatic rings. The number of hydrogen-bond donors (Lipinski definition) is 5. The molecule has 4 heterocycles. The maximum Gasteiger partial charge on any atom is 0.326 e. The summed E-state index contributed by atoms with van der Waals surface area (Å²) in [5, 5.41) is 20.4. The van der Waals surface area contributed by atoms with Gasteiger partial charge in [-0.15, -0.1) is 0 Å². The van der Waals surface area contributed by atoms with Crippen LogP contribution in [0.3, 0.4) is 0 Å². The molecular formula is C33H30FN7O7S. The van der Waals surface area contributed by atoms with Crippen molar-refractivity contribution in [1.29, 1.82) is 0 Å². The van der Waals surface area contributed by atoms with E-state index in [9.17, 15) is 32.7 Å². The number of amides is 5. The average molecular weight is 688 g/mol. The summed E-state index contributed by atoms with van der Waals surface area (Å²) < 4.78 is 43.8. The van der Waals surface area contributed by atoms with Gasteiger partial charge in [0.1, 0.15) is 29.7 Å². The van der Waals surface area contributed by atoms with Crippen molar-refractivity contribution in [2.45, 2.75) is 38.1 Å². The summed E-state index contributed by atoms with van der Waals surface area (Å²) >= 11 is 0. The van der Waals surface area contributed by atoms with E-state index < -0.39 is 52.0 Å². The number of aromatic nitrogens is 2. The number of nitrogens with zero attached hydrogens (tertiary/aromatic N) is 3. The van der Waals surface area contributed by atoms with Crippen molar-refractivity contribution in [1.82, 2.24) is 24.9 Å². The van der Waals surface area contributed by atoms with E-state index in [-0.39, 0.29) is 29.0 Å². The van der Waals surface area contributed by atoms with Crippen LogP contribution in [-0.4, -0.2) is 59.9 Å². The molecule has 0 aliphatic carbocycles. The number of carbonyl (C=O) groups excluding carboxylic acids is 4. The highest BCUT2D eigenvalue weighted by Gasteiger charge is 2.38. The number of carbonyl (C=O) groups is 4. The molecule has 252 valence electrons. The zero-order valence-electron chi connectivity index (χ0n) is 25.8. The van der Waals surface area contributed by atoms with Gasteiger partial charge >= 0.3 is 16.2 Å². The van der Waals surface area contributed by atoms with E-state index in [0.717, 1.165) is 40.8 Å². The van der Waals surface area contributed by atoms with Gasteiger partial charge in [-0.2, -0.15) is 8.42 Å². The molecule has 16 heteroatoms. The summed E-state index contributed by atoms with van der Waals surface area (Å²) in [4.78, 5) is 53.1. The Bertz CT molecular complexity index is 2330. The maximum absolute atomic E-state index is 15.3. The summed E-state index contributed by atoms with van der Waals surface area (Å²) in [6.07, 6.45) is 4.56. The molecule has 0 bridgehead atoms. The summed E-state index contributed by atoms with van der Waals surface area (Å²) in [5.41, 5.74) is 2.32. The molecule has 2 aliphatic heterocycles. The highest BCUT2D eigenvalue weighted by molar-refractivity contribution is 7.92. The molecule has 2 aromatic heterocycles. The number of piperidine rings is 1. The van der Waals surface area contributed by atoms with Crippen molar-refractivity contribution in [3.8, 4) is 5.75 Å². The van der Waals surface area contributed by atoms with Crippen LogP contribution in [0.25, 0.3) is 32.7 Å². The molecule has 14 nitrogen and oxygen atoms in total. The molecule has 0 spiro atoms. The first-order chi connectivity index (χ1) is 23.5. The van der Waals surface area contributed by atoms with E-state index in [0.29, 0.717) is 35.0 Å². The summed E-state index contributed by atoms with van der Waals surface area (Å²) in [5.74, 6) is -3.16. The Balaban J connectivity index is 0.964. The third-order valence-corrected chi connectivity index (χ3v) is 10.1. The number of anilines is 2. The number of rotatable bonds is 8. The van der Waals surface area contributed by atoms with E-state index in [1.54, 1.807) is 10.9 Å². The van der Waals surface area contributed by atoms with E-state index in [4.69, 9.17) is 0 Å². The molecule has 5 amide bonds. The van der Waals surface area contributed by atoms with Crippen molar-refractivity contribution in [3.63, 3.8) is 0 Å². The van der Waals surface area contributed by atoms with Crippen LogP contribution in [0.4, 0.5) is 20.6 Å². The third kappa shape index (κ3) is 5.94. The Kier molecular flexibility index (Phi) is 8.02. The first-order valence-electron chi connectivity index (χ1n) is 15.5. The lowest BCUT2D eigenvalue weighted by atomic mass is 10.0. The van der Waals surface area contributed by atoms with Gasteiger partial charge in [0.05, 0.1) is 5.52 Å². The monoisotopic (exact) mass is 687 g/mol. The summed E-state index contributed by atoms with van der Waals surface area (Å²) in [6.45, 7) is -0.279. The van der Waals surface area contributed by atoms with Gasteiger partial charge in [-0.25, -0.2) is 23.2 Å². The number of aryl methyl sites for hydroxylation is 1. The Morgan fingerprint density at radius 1 is 1.02 bits per heavy atom. The van der Waals surface area contributed by atoms with Crippen LogP contribution >= 0.6 is 0 Å². The summed E-state index contributed by atoms with van der Waals surface area (Å²) in [6, 6.07) is 14.3. The van der Waals surface area contributed by atoms with Crippen LogP contribution in [0, 0.1) is 5.82 Å². The van der Waals surface area contributed by atoms with Crippen molar-refractivity contribution >= 4 is 78.0 Å². The van der Waals surface area contributed by atoms with Gasteiger partial charge in [0.2, 0.25) is 11.8 Å². The fraction of sp³-hybridized carbons (Fsp3) is 0.242. The lowest BCUT2D eigenvalue weighted by molar-refractivity contribution is -0.135. The Hall–Kier alpha value is -5.77. The van der Waals surface area contributed by atoms with E-state index in [1.165, 1.54) is 18.2 Å². The Morgan fingerprint density at radius 3 is 2.63 bits per heavy atom. The number of imide groups is 1. The minimum absolute atomic E-state index is 0.0108. The molecule has 0 radical (unpaired) electrons. The second kappa shape index (κ2) is 12.4. The number of phenols is 1. The largest absolute Gasteiger partial charge is 0.506 e. The van der Waals surface area contributed by atoms with Crippen LogP contribution in [-0.2, 0) is 31.0 Å². The number of hydrogen-bond acceptors (Lipinski definition) is 8. The van der Waals surface area contributed by atoms with E-state index in [2.05, 4.69) is 27.0 Å². The lowest BCUT2D eigenvalue weighted by Gasteiger charge is -2.23. The predicted molar refractivity (Wildman–Crippen MR) is 179 cm³/mol. The Labute approximate surface area is 278 Å². The third-order valence-electron chi connectivity index (χ3n) is 8.68. The minimum atomic E-state index is -4.33. The molecule has 2 aliphatic rings. The molecule has 1 atom stereocenters. The van der Waals surface area contributed by atoms with Gasteiger partial charge in [-0.1, -0.05) is 6.07 Å². The van der Waals surface area contributed by atoms with Gasteiger partial charge in [-0.05, 0) is 85.2 Å². The molecule has 3 aromatic carbocycles. The second-order valence-corrected chi connectivity index (χ2v) is 13.5. The topological polar surface area (TPSA) is 192 Å². The normalized spacial score (nSPS) is 17.4. The van der Waals surface area contributed by atoms with Crippen molar-refractivity contribution in [2.75, 3.05) is 22.7 Å². The van der Waals surface area contributed by atoms with Crippen LogP contribution in [0.15, 0.2) is 60.8 Å². The lowest BCUT2D eigenvalue weighted by Crippen LogP contribution is -2.41. The summed E-state index contributed by atoms with van der Waals surface area (Å²) in [7, 11) is -4.33. The molecule has 0 saturated carbocycles. The smallest absolute Gasteiger partial charge is 0.326 e. The van der Waals surface area contributed by atoms with Gasteiger partial charge in [0.25, 0.3) is 5.91 Å². The van der Waals surface area contributed by atoms with Crippen molar-refractivity contribution in [2.24, 2.45) is 0 Å². The van der Waals surface area contributed by atoms with Crippen molar-refractivity contribution in [3.05, 3.63) is 72.2 Å². The van der Waals surface area contributed by atoms with Gasteiger partial charge in [-0.3, -0.25) is 19.7 Å². The second-order valence-electron chi connectivity index (χ2n) is 11.9. The van der Waals surface area contributed by atoms with Gasteiger partial charge in [0.15, 0.2) is 5.82 Å². The predicted octanol–water partition coefficient (Wildman–Crippen LogP) is 3.49. The zero-order chi connectivity index (χ0) is 34.4. The van der Waals surface area contributed by atoms with Gasteiger partial charge < -0.3 is 20.3 Å². The number of phenolic OH excluding ortho intramolecular Hbond substituents is 1. The SMILES string of the molecule is O=C1CCC(n2c3ccc(CCCCNC(=O)Nc4ccc5c(F)c(N6CC(=O)NS6(=O)=O)c(O)cc5c4)cc3c3cccnc32)C(=O)N1. The zero-order valence-corrected chi connectivity index (χ0v) is 26.6. The first-order valence-corrected chi connectivity index (χ1v) is 17.0. The number of pyridine rings is 1. The molecular weight excluding hydrogens is 657 g/mol. The molecule has 5 N–H and O–H groups in total. The van der Waals surface area contributed by atoms with Gasteiger partial charge in [0, 0.05) is 41.0 Å². The number of urea groups is 1. The number of aromatic hydroxyl groups is 1. The highest BCUT2D eigenvalue weighted by atomic mass is 32.2. The van der Waals surface area contributed by atoms with Crippen LogP contribution in [0.2, 0.25) is 0 Å². The highest BCUT2D eigenvalue weighted by Crippen LogP contribution is 2.39. The maximum atomic E-state index is 15.3. The number of unbranched alkanes of at least 4 members (excludes halogenated alkanes) is 1. The fourth-order valence-corrected chi connectivity index (χ4v) is 7.62. The minimum Gasteiger partial charge on any atom is -0.506 e. The quantitative estimate of drug-likeness (QED) is 0.121.